The molecule has 64 heavy (non-hydrogen) atoms. The summed E-state index contributed by atoms with van der Waals surface area (Å²) >= 11 is 0. The number of nitrogens with zero attached hydrogens (tertiary/aromatic N) is 7. The van der Waals surface area contributed by atoms with E-state index in [9.17, 15) is 24.0 Å². The predicted molar refractivity (Wildman–Crippen MR) is 245 cm³/mol. The number of pyridine rings is 1. The zero-order chi connectivity index (χ0) is 45.2. The second-order valence-electron chi connectivity index (χ2n) is 17.3. The van der Waals surface area contributed by atoms with Crippen molar-refractivity contribution in [2.45, 2.75) is 103 Å². The molecule has 0 spiro atoms. The molecule has 0 saturated carbocycles. The number of benzene rings is 2. The number of amides is 5. The zero-order valence-corrected chi connectivity index (χ0v) is 38.0. The standard InChI is InChI=1S/C45H60N10O7.C2H6/c1-31-25-32-26-35-29-54(49-40(31)35)30-61-44(59)46-15-7-3-4-8-16-47-45(60)62-55-39-10-6-5-9-34(39)28-37(41(55)56)33-11-19-53(20-12-33)43(58)48-38(27-32)42(57)52-23-21-51(22-24-52)36-13-17-50(2)18-14-36;1-2/h5-6,9-10,25-26,28-29,33,36,38H,3-4,7-8,11-24,27,30H2,1-2H3,(H,46,59)(H,47,60)(H,48,58);1-2H3. The van der Waals surface area contributed by atoms with E-state index in [4.69, 9.17) is 9.57 Å². The quantitative estimate of drug-likeness (QED) is 0.253. The molecule has 17 heteroatoms. The van der Waals surface area contributed by atoms with E-state index in [1.54, 1.807) is 21.7 Å². The highest BCUT2D eigenvalue weighted by Gasteiger charge is 2.34. The average Bonchev–Trinajstić information content (AvgIpc) is 3.74. The maximum absolute atomic E-state index is 14.5. The summed E-state index contributed by atoms with van der Waals surface area (Å²) < 4.78 is 8.12. The molecule has 17 nitrogen and oxygen atoms in total. The molecule has 5 aliphatic heterocycles. The van der Waals surface area contributed by atoms with Gasteiger partial charge < -0.3 is 40.2 Å². The van der Waals surface area contributed by atoms with E-state index in [-0.39, 0.29) is 31.0 Å². The molecule has 7 heterocycles. The summed E-state index contributed by atoms with van der Waals surface area (Å²) in [4.78, 5) is 82.3. The van der Waals surface area contributed by atoms with Crippen molar-refractivity contribution in [1.29, 1.82) is 0 Å². The molecular weight excluding hydrogens is 817 g/mol. The van der Waals surface area contributed by atoms with Crippen LogP contribution in [0.5, 0.6) is 0 Å². The third-order valence-corrected chi connectivity index (χ3v) is 13.0. The van der Waals surface area contributed by atoms with Gasteiger partial charge in [0, 0.05) is 87.4 Å². The second kappa shape index (κ2) is 21.8. The molecule has 5 aliphatic rings. The summed E-state index contributed by atoms with van der Waals surface area (Å²) in [6, 6.07) is 12.5. The summed E-state index contributed by atoms with van der Waals surface area (Å²) in [6.45, 7) is 12.4. The third-order valence-electron chi connectivity index (χ3n) is 13.0. The first-order valence-electron chi connectivity index (χ1n) is 23.3. The number of nitrogens with one attached hydrogen (secondary N) is 3. The van der Waals surface area contributed by atoms with Gasteiger partial charge >= 0.3 is 18.2 Å². The van der Waals surface area contributed by atoms with Gasteiger partial charge in [-0.05, 0) is 101 Å². The van der Waals surface area contributed by atoms with E-state index < -0.39 is 23.8 Å². The first kappa shape index (κ1) is 46.3. The Morgan fingerprint density at radius 3 is 2.19 bits per heavy atom. The molecule has 3 N–H and O–H groups in total. The number of urea groups is 1. The SMILES string of the molecule is CC.Cc1cc2cc3cn(nc13)COC(=O)NCCCCCCNC(=O)On1c(=O)c(cc3ccccc31)C1CCN(CC1)C(=O)NC(C(=O)N1CCN(C3CCN(C)CC3)CC1)C2. The number of ether oxygens (including phenoxy) is 1. The van der Waals surface area contributed by atoms with Crippen LogP contribution in [0.15, 0.2) is 53.5 Å². The van der Waals surface area contributed by atoms with Crippen molar-refractivity contribution in [3.63, 3.8) is 0 Å². The maximum Gasteiger partial charge on any atom is 0.432 e. The van der Waals surface area contributed by atoms with E-state index >= 15 is 0 Å². The average molecular weight is 883 g/mol. The van der Waals surface area contributed by atoms with Crippen LogP contribution in [0.4, 0.5) is 14.4 Å². The van der Waals surface area contributed by atoms with Gasteiger partial charge in [-0.2, -0.15) is 5.10 Å². The molecule has 346 valence electrons. The number of para-hydroxylation sites is 1. The molecular formula is C47H66N10O7. The minimum atomic E-state index is -0.818. The van der Waals surface area contributed by atoms with Gasteiger partial charge in [-0.3, -0.25) is 14.5 Å². The lowest BCUT2D eigenvalue weighted by Crippen LogP contribution is -2.59. The lowest BCUT2D eigenvalue weighted by atomic mass is 9.89. The lowest BCUT2D eigenvalue weighted by molar-refractivity contribution is -0.135. The van der Waals surface area contributed by atoms with Gasteiger partial charge in [0.1, 0.15) is 6.04 Å². The molecule has 9 rings (SSSR count). The molecule has 0 aliphatic carbocycles. The molecule has 7 bridgehead atoms. The minimum absolute atomic E-state index is 0.0691. The van der Waals surface area contributed by atoms with E-state index in [1.807, 2.05) is 62.2 Å². The zero-order valence-electron chi connectivity index (χ0n) is 38.0. The van der Waals surface area contributed by atoms with Gasteiger partial charge in [-0.1, -0.05) is 51.0 Å². The summed E-state index contributed by atoms with van der Waals surface area (Å²) in [5.74, 6) is -0.283. The number of rotatable bonds is 2. The van der Waals surface area contributed by atoms with Gasteiger partial charge in [0.25, 0.3) is 5.56 Å². The van der Waals surface area contributed by atoms with Gasteiger partial charge in [-0.15, -0.1) is 4.73 Å². The number of piperazine rings is 1. The van der Waals surface area contributed by atoms with Crippen LogP contribution < -0.4 is 26.3 Å². The predicted octanol–water partition coefficient (Wildman–Crippen LogP) is 4.82. The van der Waals surface area contributed by atoms with Gasteiger partial charge in [0.05, 0.1) is 11.0 Å². The topological polar surface area (TPSA) is 176 Å². The molecule has 3 fully saturated rings. The molecule has 2 aromatic heterocycles. The maximum atomic E-state index is 14.5. The summed E-state index contributed by atoms with van der Waals surface area (Å²) in [7, 11) is 2.16. The van der Waals surface area contributed by atoms with Crippen molar-refractivity contribution >= 4 is 45.9 Å². The number of fused-ring (bicyclic) bond motifs is 18. The Hall–Kier alpha value is -5.68. The highest BCUT2D eigenvalue weighted by atomic mass is 16.7. The van der Waals surface area contributed by atoms with Crippen molar-refractivity contribution < 1.29 is 28.8 Å². The van der Waals surface area contributed by atoms with Crippen LogP contribution in [0.1, 0.15) is 87.8 Å². The number of carbonyl (C=O) groups is 4. The lowest BCUT2D eigenvalue weighted by Gasteiger charge is -2.43. The molecule has 1 unspecified atom stereocenters. The number of hydrogen-bond donors (Lipinski definition) is 3. The minimum Gasteiger partial charge on any atom is -0.426 e. The van der Waals surface area contributed by atoms with E-state index in [0.29, 0.717) is 75.7 Å². The highest BCUT2D eigenvalue weighted by molar-refractivity contribution is 5.88. The summed E-state index contributed by atoms with van der Waals surface area (Å²) in [6.07, 6.45) is 7.21. The van der Waals surface area contributed by atoms with Gasteiger partial charge in [-0.25, -0.2) is 19.1 Å². The largest absolute Gasteiger partial charge is 0.432 e. The summed E-state index contributed by atoms with van der Waals surface area (Å²) in [5.41, 5.74) is 3.15. The molecule has 5 amide bonds. The van der Waals surface area contributed by atoms with Crippen molar-refractivity contribution in [3.05, 3.63) is 75.7 Å². The van der Waals surface area contributed by atoms with Crippen molar-refractivity contribution in [2.24, 2.45) is 0 Å². The number of aryl methyl sites for hydroxylation is 1. The van der Waals surface area contributed by atoms with Crippen LogP contribution in [0.3, 0.4) is 0 Å². The van der Waals surface area contributed by atoms with Crippen LogP contribution >= 0.6 is 0 Å². The van der Waals surface area contributed by atoms with Crippen molar-refractivity contribution in [3.8, 4) is 0 Å². The van der Waals surface area contributed by atoms with E-state index in [1.165, 1.54) is 0 Å². The van der Waals surface area contributed by atoms with Crippen LogP contribution in [0.25, 0.3) is 21.8 Å². The van der Waals surface area contributed by atoms with Crippen molar-refractivity contribution in [2.75, 3.05) is 72.5 Å². The molecule has 1 atom stereocenters. The highest BCUT2D eigenvalue weighted by Crippen LogP contribution is 2.29. The third kappa shape index (κ3) is 11.3. The molecule has 2 aromatic carbocycles. The number of likely N-dealkylation sites (tertiary alicyclic amines) is 1. The molecule has 3 saturated heterocycles. The Kier molecular flexibility index (Phi) is 15.8. The Labute approximate surface area is 375 Å². The van der Waals surface area contributed by atoms with Crippen LogP contribution in [-0.4, -0.2) is 143 Å². The number of piperidine rings is 2. The fourth-order valence-corrected chi connectivity index (χ4v) is 9.49. The smallest absolute Gasteiger partial charge is 0.426 e. The Morgan fingerprint density at radius 1 is 0.781 bits per heavy atom. The number of carbonyl (C=O) groups excluding carboxylic acids is 4. The fraction of sp³-hybridized carbons (Fsp3) is 0.574. The van der Waals surface area contributed by atoms with Crippen LogP contribution in [0.2, 0.25) is 0 Å². The first-order valence-corrected chi connectivity index (χ1v) is 23.3. The van der Waals surface area contributed by atoms with E-state index in [2.05, 4.69) is 37.9 Å². The van der Waals surface area contributed by atoms with Crippen LogP contribution in [0, 0.1) is 6.92 Å². The van der Waals surface area contributed by atoms with Crippen LogP contribution in [-0.2, 0) is 22.7 Å². The van der Waals surface area contributed by atoms with E-state index in [0.717, 1.165) is 90.4 Å². The Bertz CT molecular complexity index is 2310. The molecule has 0 radical (unpaired) electrons. The van der Waals surface area contributed by atoms with Crippen molar-refractivity contribution in [1.82, 2.24) is 50.1 Å². The Balaban J connectivity index is 0.00000302. The summed E-state index contributed by atoms with van der Waals surface area (Å²) in [5, 5.41) is 15.0. The fourth-order valence-electron chi connectivity index (χ4n) is 9.49. The second-order valence-corrected chi connectivity index (χ2v) is 17.3. The number of aromatic nitrogens is 3. The normalized spacial score (nSPS) is 22.0. The Morgan fingerprint density at radius 2 is 1.47 bits per heavy atom. The van der Waals surface area contributed by atoms with Gasteiger partial charge in [0.2, 0.25) is 5.91 Å². The molecule has 4 aromatic rings. The van der Waals surface area contributed by atoms with Gasteiger partial charge in [0.15, 0.2) is 6.73 Å². The number of alkyl carbamates (subject to hydrolysis) is 1. The monoisotopic (exact) mass is 883 g/mol. The number of hydrogen-bond acceptors (Lipinski definition) is 10. The first-order chi connectivity index (χ1) is 31.1.